The van der Waals surface area contributed by atoms with Crippen molar-refractivity contribution in [1.82, 2.24) is 15.3 Å². The van der Waals surface area contributed by atoms with Crippen LogP contribution in [-0.2, 0) is 6.18 Å². The van der Waals surface area contributed by atoms with Crippen molar-refractivity contribution in [1.29, 1.82) is 0 Å². The van der Waals surface area contributed by atoms with E-state index < -0.39 is 46.8 Å². The number of aromatic nitrogens is 2. The molecule has 1 unspecified atom stereocenters. The van der Waals surface area contributed by atoms with E-state index in [1.165, 1.54) is 30.6 Å². The fourth-order valence-corrected chi connectivity index (χ4v) is 4.49. The van der Waals surface area contributed by atoms with Crippen LogP contribution in [-0.4, -0.2) is 21.8 Å². The Morgan fingerprint density at radius 2 is 1.77 bits per heavy atom. The number of carbonyl (C=O) groups excluding carboxylic acids is 2. The molecular formula is C26H15ClF5N5O2. The van der Waals surface area contributed by atoms with Crippen molar-refractivity contribution < 1.29 is 31.5 Å². The fraction of sp³-hybridized carbons (Fsp3) is 0.0769. The first-order valence-electron chi connectivity index (χ1n) is 11.1. The van der Waals surface area contributed by atoms with Gasteiger partial charge >= 0.3 is 6.18 Å². The molecule has 1 aliphatic heterocycles. The minimum atomic E-state index is -4.90. The van der Waals surface area contributed by atoms with Crippen LogP contribution in [0.4, 0.5) is 33.5 Å². The molecule has 1 aromatic heterocycles. The maximum absolute atomic E-state index is 14.1. The summed E-state index contributed by atoms with van der Waals surface area (Å²) in [6.07, 6.45) is -3.72. The average Bonchev–Trinajstić information content (AvgIpc) is 3.21. The molecule has 0 saturated heterocycles. The molecule has 0 fully saturated rings. The van der Waals surface area contributed by atoms with Crippen LogP contribution in [0.15, 0.2) is 60.9 Å². The molecular weight excluding hydrogens is 545 g/mol. The molecule has 39 heavy (non-hydrogen) atoms. The second-order valence-electron chi connectivity index (χ2n) is 8.57. The zero-order valence-corrected chi connectivity index (χ0v) is 20.2. The zero-order chi connectivity index (χ0) is 28.1. The first-order valence-corrected chi connectivity index (χ1v) is 11.5. The van der Waals surface area contributed by atoms with Gasteiger partial charge in [-0.05, 0) is 48.5 Å². The van der Waals surface area contributed by atoms with Crippen LogP contribution in [0, 0.1) is 11.6 Å². The molecule has 2 amide bonds. The largest absolute Gasteiger partial charge is 0.416 e. The quantitative estimate of drug-likeness (QED) is 0.275. The van der Waals surface area contributed by atoms with Crippen molar-refractivity contribution >= 4 is 34.9 Å². The van der Waals surface area contributed by atoms with E-state index in [1.54, 1.807) is 0 Å². The summed E-state index contributed by atoms with van der Waals surface area (Å²) in [4.78, 5) is 34.0. The van der Waals surface area contributed by atoms with Crippen LogP contribution >= 0.6 is 11.6 Å². The van der Waals surface area contributed by atoms with Gasteiger partial charge in [0.15, 0.2) is 0 Å². The van der Waals surface area contributed by atoms with Crippen molar-refractivity contribution in [3.63, 3.8) is 0 Å². The third-order valence-electron chi connectivity index (χ3n) is 5.98. The number of hydrogen-bond donors (Lipinski definition) is 3. The van der Waals surface area contributed by atoms with E-state index in [0.29, 0.717) is 17.7 Å². The molecule has 4 N–H and O–H groups in total. The first kappa shape index (κ1) is 26.0. The smallest absolute Gasteiger partial charge is 0.384 e. The van der Waals surface area contributed by atoms with Gasteiger partial charge in [-0.1, -0.05) is 11.6 Å². The van der Waals surface area contributed by atoms with Gasteiger partial charge in [0.25, 0.3) is 11.8 Å². The number of nitrogens with two attached hydrogens (primary N) is 1. The number of rotatable bonds is 4. The number of nitrogens with zero attached hydrogens (tertiary/aromatic N) is 2. The SMILES string of the molecule is Nc1cc(-c2cc(NC(=O)c3cc(F)cc(C(F)(F)F)c3)c3c(c2)C(=O)NC3c2cc(F)ccc2Cl)ncn1. The van der Waals surface area contributed by atoms with Gasteiger partial charge < -0.3 is 16.4 Å². The second-order valence-corrected chi connectivity index (χ2v) is 8.97. The van der Waals surface area contributed by atoms with Gasteiger partial charge in [0.05, 0.1) is 17.3 Å². The van der Waals surface area contributed by atoms with Crippen molar-refractivity contribution in [2.45, 2.75) is 12.2 Å². The normalized spacial score (nSPS) is 14.6. The highest BCUT2D eigenvalue weighted by molar-refractivity contribution is 6.31. The number of benzene rings is 3. The van der Waals surface area contributed by atoms with Gasteiger partial charge in [-0.15, -0.1) is 0 Å². The molecule has 7 nitrogen and oxygen atoms in total. The maximum Gasteiger partial charge on any atom is 0.416 e. The van der Waals surface area contributed by atoms with Gasteiger partial charge in [0, 0.05) is 44.6 Å². The Balaban J connectivity index is 1.67. The average molecular weight is 560 g/mol. The molecule has 2 heterocycles. The second kappa shape index (κ2) is 9.62. The number of anilines is 2. The van der Waals surface area contributed by atoms with Crippen molar-refractivity contribution in [2.75, 3.05) is 11.1 Å². The first-order chi connectivity index (χ1) is 18.4. The summed E-state index contributed by atoms with van der Waals surface area (Å²) in [5.41, 5.74) is 4.69. The van der Waals surface area contributed by atoms with Gasteiger partial charge in [-0.25, -0.2) is 18.7 Å². The van der Waals surface area contributed by atoms with Crippen molar-refractivity contribution in [2.24, 2.45) is 0 Å². The third-order valence-corrected chi connectivity index (χ3v) is 6.32. The highest BCUT2D eigenvalue weighted by Gasteiger charge is 2.36. The van der Waals surface area contributed by atoms with Gasteiger partial charge in [-0.3, -0.25) is 9.59 Å². The number of nitrogen functional groups attached to an aromatic ring is 1. The molecule has 4 aromatic rings. The van der Waals surface area contributed by atoms with Crippen molar-refractivity contribution in [3.05, 3.63) is 105 Å². The molecule has 1 atom stereocenters. The Morgan fingerprint density at radius 1 is 1.00 bits per heavy atom. The Morgan fingerprint density at radius 3 is 2.49 bits per heavy atom. The summed E-state index contributed by atoms with van der Waals surface area (Å²) in [6.45, 7) is 0. The molecule has 0 radical (unpaired) electrons. The Labute approximate surface area is 221 Å². The van der Waals surface area contributed by atoms with E-state index in [0.717, 1.165) is 12.1 Å². The number of alkyl halides is 3. The van der Waals surface area contributed by atoms with Gasteiger partial charge in [0.1, 0.15) is 23.8 Å². The number of hydrogen-bond acceptors (Lipinski definition) is 5. The van der Waals surface area contributed by atoms with Crippen LogP contribution < -0.4 is 16.4 Å². The van der Waals surface area contributed by atoms with Crippen LogP contribution in [0.1, 0.15) is 43.4 Å². The highest BCUT2D eigenvalue weighted by Crippen LogP contribution is 2.42. The Kier molecular flexibility index (Phi) is 6.43. The lowest BCUT2D eigenvalue weighted by Gasteiger charge is -2.19. The van der Waals surface area contributed by atoms with Crippen LogP contribution in [0.25, 0.3) is 11.3 Å². The summed E-state index contributed by atoms with van der Waals surface area (Å²) in [5.74, 6) is -3.49. The summed E-state index contributed by atoms with van der Waals surface area (Å²) < 4.78 is 67.8. The molecule has 0 saturated carbocycles. The van der Waals surface area contributed by atoms with Gasteiger partial charge in [-0.2, -0.15) is 13.2 Å². The number of halogens is 6. The van der Waals surface area contributed by atoms with E-state index in [2.05, 4.69) is 20.6 Å². The van der Waals surface area contributed by atoms with E-state index in [9.17, 15) is 31.5 Å². The van der Waals surface area contributed by atoms with Crippen molar-refractivity contribution in [3.8, 4) is 11.3 Å². The maximum atomic E-state index is 14.1. The monoisotopic (exact) mass is 559 g/mol. The summed E-state index contributed by atoms with van der Waals surface area (Å²) in [6, 6.07) is 8.16. The summed E-state index contributed by atoms with van der Waals surface area (Å²) in [7, 11) is 0. The minimum absolute atomic E-state index is 0.0359. The topological polar surface area (TPSA) is 110 Å². The molecule has 13 heteroatoms. The molecule has 1 aliphatic rings. The van der Waals surface area contributed by atoms with Gasteiger partial charge in [0.2, 0.25) is 0 Å². The molecule has 5 rings (SSSR count). The lowest BCUT2D eigenvalue weighted by Crippen LogP contribution is -2.21. The third kappa shape index (κ3) is 5.10. The Bertz CT molecular complexity index is 1660. The highest BCUT2D eigenvalue weighted by atomic mass is 35.5. The molecule has 3 aromatic carbocycles. The summed E-state index contributed by atoms with van der Waals surface area (Å²) in [5, 5.41) is 5.26. The van der Waals surface area contributed by atoms with Crippen LogP contribution in [0.3, 0.4) is 0 Å². The molecule has 0 aliphatic carbocycles. The zero-order valence-electron chi connectivity index (χ0n) is 19.4. The predicted octanol–water partition coefficient (Wildman–Crippen LogP) is 5.76. The number of fused-ring (bicyclic) bond motifs is 1. The summed E-state index contributed by atoms with van der Waals surface area (Å²) >= 11 is 6.28. The van der Waals surface area contributed by atoms with E-state index >= 15 is 0 Å². The predicted molar refractivity (Wildman–Crippen MR) is 132 cm³/mol. The van der Waals surface area contributed by atoms with E-state index in [-0.39, 0.29) is 45.0 Å². The van der Waals surface area contributed by atoms with Crippen LogP contribution in [0.5, 0.6) is 0 Å². The number of carbonyl (C=O) groups is 2. The molecule has 198 valence electrons. The lowest BCUT2D eigenvalue weighted by molar-refractivity contribution is -0.137. The minimum Gasteiger partial charge on any atom is -0.384 e. The standard InChI is InChI=1S/C26H15ClF5N5O2/c27-18-2-1-14(28)8-16(18)23-22-17(25(39)37-23)5-11(19-9-21(33)35-10-34-19)6-20(22)36-24(38)12-3-13(26(30,31)32)7-15(29)4-12/h1-10,23H,(H,36,38)(H,37,39)(H2,33,34,35). The Hall–Kier alpha value is -4.58. The molecule has 0 bridgehead atoms. The lowest BCUT2D eigenvalue weighted by atomic mass is 9.93. The van der Waals surface area contributed by atoms with E-state index in [4.69, 9.17) is 17.3 Å². The fourth-order valence-electron chi connectivity index (χ4n) is 4.26. The number of nitrogens with one attached hydrogen (secondary N) is 2. The van der Waals surface area contributed by atoms with Crippen LogP contribution in [0.2, 0.25) is 5.02 Å². The number of amides is 2. The molecule has 0 spiro atoms. The van der Waals surface area contributed by atoms with E-state index in [1.807, 2.05) is 0 Å².